The van der Waals surface area contributed by atoms with Crippen molar-refractivity contribution in [1.29, 1.82) is 0 Å². The van der Waals surface area contributed by atoms with E-state index in [9.17, 15) is 4.79 Å². The second-order valence-electron chi connectivity index (χ2n) is 8.38. The van der Waals surface area contributed by atoms with Crippen molar-refractivity contribution >= 4 is 17.4 Å². The monoisotopic (exact) mass is 436 g/mol. The van der Waals surface area contributed by atoms with Crippen LogP contribution >= 0.6 is 0 Å². The number of anilines is 1. The van der Waals surface area contributed by atoms with Crippen LogP contribution in [-0.2, 0) is 4.79 Å². The molecule has 1 amide bonds. The fourth-order valence-electron chi connectivity index (χ4n) is 4.92. The molecule has 32 heavy (non-hydrogen) atoms. The largest absolute Gasteiger partial charge is 0.497 e. The first kappa shape index (κ1) is 20.5. The molecular weight excluding hydrogens is 408 g/mol. The van der Waals surface area contributed by atoms with Gasteiger partial charge in [-0.1, -0.05) is 0 Å². The van der Waals surface area contributed by atoms with Gasteiger partial charge in [0.1, 0.15) is 23.6 Å². The van der Waals surface area contributed by atoms with Crippen molar-refractivity contribution in [3.05, 3.63) is 42.2 Å². The van der Waals surface area contributed by atoms with Gasteiger partial charge < -0.3 is 19.3 Å². The summed E-state index contributed by atoms with van der Waals surface area (Å²) in [6, 6.07) is 9.82. The fraction of sp³-hybridized carbons (Fsp3) is 0.478. The smallest absolute Gasteiger partial charge is 0.226 e. The Hall–Kier alpha value is -3.36. The predicted molar refractivity (Wildman–Crippen MR) is 119 cm³/mol. The third kappa shape index (κ3) is 3.72. The lowest BCUT2D eigenvalue weighted by atomic mass is 9.94. The minimum absolute atomic E-state index is 0.0368. The quantitative estimate of drug-likeness (QED) is 0.608. The summed E-state index contributed by atoms with van der Waals surface area (Å²) in [4.78, 5) is 17.8. The first-order valence-electron chi connectivity index (χ1n) is 11.1. The molecule has 9 nitrogen and oxygen atoms in total. The molecule has 1 aromatic carbocycles. The van der Waals surface area contributed by atoms with Gasteiger partial charge in [0.05, 0.1) is 20.3 Å². The van der Waals surface area contributed by atoms with E-state index < -0.39 is 0 Å². The van der Waals surface area contributed by atoms with Gasteiger partial charge in [-0.05, 0) is 49.9 Å². The molecule has 3 aromatic rings. The number of amides is 1. The molecule has 0 spiro atoms. The highest BCUT2D eigenvalue weighted by molar-refractivity contribution is 5.80. The summed E-state index contributed by atoms with van der Waals surface area (Å²) in [5.41, 5.74) is 1.79. The van der Waals surface area contributed by atoms with Crippen molar-refractivity contribution < 1.29 is 14.3 Å². The van der Waals surface area contributed by atoms with Gasteiger partial charge in [-0.3, -0.25) is 4.79 Å². The van der Waals surface area contributed by atoms with E-state index in [1.165, 1.54) is 0 Å². The molecule has 2 saturated heterocycles. The van der Waals surface area contributed by atoms with Crippen molar-refractivity contribution in [2.24, 2.45) is 5.92 Å². The van der Waals surface area contributed by atoms with Crippen LogP contribution in [-0.4, -0.2) is 64.5 Å². The van der Waals surface area contributed by atoms with Crippen molar-refractivity contribution in [3.63, 3.8) is 0 Å². The molecule has 0 radical (unpaired) electrons. The standard InChI is InChI=1S/C23H28N6O3/c1-31-17-5-6-18(20(14-17)32-2)19-4-3-11-28(19)23(30)16-9-12-27(13-10-16)22-8-7-21-25-24-15-29(21)26-22/h5-8,14-16,19H,3-4,9-13H2,1-2H3. The van der Waals surface area contributed by atoms with Crippen LogP contribution in [0.1, 0.15) is 37.3 Å². The van der Waals surface area contributed by atoms with E-state index in [1.54, 1.807) is 25.1 Å². The Kier molecular flexibility index (Phi) is 5.55. The van der Waals surface area contributed by atoms with Crippen molar-refractivity contribution in [1.82, 2.24) is 24.7 Å². The Balaban J connectivity index is 1.27. The summed E-state index contributed by atoms with van der Waals surface area (Å²) in [5.74, 6) is 2.72. The number of carbonyl (C=O) groups excluding carboxylic acids is 1. The highest BCUT2D eigenvalue weighted by atomic mass is 16.5. The van der Waals surface area contributed by atoms with Crippen LogP contribution in [0.25, 0.3) is 5.65 Å². The molecule has 0 bridgehead atoms. The number of fused-ring (bicyclic) bond motifs is 1. The minimum atomic E-state index is 0.0368. The molecule has 2 aliphatic heterocycles. The Morgan fingerprint density at radius 2 is 1.88 bits per heavy atom. The van der Waals surface area contributed by atoms with Crippen LogP contribution in [0.15, 0.2) is 36.7 Å². The summed E-state index contributed by atoms with van der Waals surface area (Å²) >= 11 is 0. The third-order valence-corrected chi connectivity index (χ3v) is 6.65. The van der Waals surface area contributed by atoms with Gasteiger partial charge >= 0.3 is 0 Å². The maximum absolute atomic E-state index is 13.5. The van der Waals surface area contributed by atoms with E-state index in [0.717, 1.165) is 73.8 Å². The van der Waals surface area contributed by atoms with E-state index in [4.69, 9.17) is 9.47 Å². The Morgan fingerprint density at radius 1 is 1.03 bits per heavy atom. The lowest BCUT2D eigenvalue weighted by molar-refractivity contribution is -0.137. The summed E-state index contributed by atoms with van der Waals surface area (Å²) in [6.07, 6.45) is 5.22. The molecule has 1 unspecified atom stereocenters. The molecule has 2 fully saturated rings. The van der Waals surface area contributed by atoms with Gasteiger partial charge in [-0.25, -0.2) is 0 Å². The lowest BCUT2D eigenvalue weighted by Crippen LogP contribution is -2.42. The number of ether oxygens (including phenoxy) is 2. The van der Waals surface area contributed by atoms with Gasteiger partial charge in [0.15, 0.2) is 5.65 Å². The second kappa shape index (κ2) is 8.64. The third-order valence-electron chi connectivity index (χ3n) is 6.65. The molecule has 9 heteroatoms. The van der Waals surface area contributed by atoms with E-state index in [1.807, 2.05) is 30.3 Å². The van der Waals surface area contributed by atoms with Crippen LogP contribution in [0, 0.1) is 5.92 Å². The number of aromatic nitrogens is 4. The molecule has 0 N–H and O–H groups in total. The number of benzene rings is 1. The molecule has 4 heterocycles. The van der Waals surface area contributed by atoms with Gasteiger partial charge in [0.25, 0.3) is 0 Å². The number of rotatable bonds is 5. The molecule has 168 valence electrons. The molecule has 1 atom stereocenters. The molecule has 2 aromatic heterocycles. The molecule has 2 aliphatic rings. The minimum Gasteiger partial charge on any atom is -0.497 e. The average Bonchev–Trinajstić information content (AvgIpc) is 3.52. The van der Waals surface area contributed by atoms with E-state index in [-0.39, 0.29) is 17.9 Å². The molecule has 0 aliphatic carbocycles. The van der Waals surface area contributed by atoms with Crippen molar-refractivity contribution in [2.45, 2.75) is 31.7 Å². The maximum Gasteiger partial charge on any atom is 0.226 e. The van der Waals surface area contributed by atoms with Crippen LogP contribution < -0.4 is 14.4 Å². The number of methoxy groups -OCH3 is 2. The van der Waals surface area contributed by atoms with Crippen LogP contribution in [0.3, 0.4) is 0 Å². The summed E-state index contributed by atoms with van der Waals surface area (Å²) in [5, 5.41) is 12.5. The number of nitrogens with zero attached hydrogens (tertiary/aromatic N) is 6. The van der Waals surface area contributed by atoms with Gasteiger partial charge in [-0.2, -0.15) is 4.52 Å². The van der Waals surface area contributed by atoms with Crippen molar-refractivity contribution in [3.8, 4) is 11.5 Å². The zero-order valence-corrected chi connectivity index (χ0v) is 18.5. The zero-order chi connectivity index (χ0) is 22.1. The second-order valence-corrected chi connectivity index (χ2v) is 8.38. The van der Waals surface area contributed by atoms with Gasteiger partial charge in [0.2, 0.25) is 5.91 Å². The first-order chi connectivity index (χ1) is 15.7. The van der Waals surface area contributed by atoms with Crippen molar-refractivity contribution in [2.75, 3.05) is 38.8 Å². The molecule has 5 rings (SSSR count). The first-order valence-corrected chi connectivity index (χ1v) is 11.1. The molecule has 0 saturated carbocycles. The summed E-state index contributed by atoms with van der Waals surface area (Å²) < 4.78 is 12.6. The Labute approximate surface area is 186 Å². The highest BCUT2D eigenvalue weighted by Crippen LogP contribution is 2.40. The molecular formula is C23H28N6O3. The topological polar surface area (TPSA) is 85.1 Å². The summed E-state index contributed by atoms with van der Waals surface area (Å²) in [6.45, 7) is 2.41. The fourth-order valence-corrected chi connectivity index (χ4v) is 4.92. The van der Waals surface area contributed by atoms with Crippen LogP contribution in [0.2, 0.25) is 0 Å². The van der Waals surface area contributed by atoms with Gasteiger partial charge in [0, 0.05) is 37.2 Å². The number of hydrogen-bond acceptors (Lipinski definition) is 7. The van der Waals surface area contributed by atoms with E-state index in [2.05, 4.69) is 25.1 Å². The normalized spacial score (nSPS) is 19.5. The Morgan fingerprint density at radius 3 is 2.66 bits per heavy atom. The predicted octanol–water partition coefficient (Wildman–Crippen LogP) is 2.72. The van der Waals surface area contributed by atoms with Crippen LogP contribution in [0.4, 0.5) is 5.82 Å². The Bertz CT molecular complexity index is 1110. The number of likely N-dealkylation sites (tertiary alicyclic amines) is 1. The average molecular weight is 437 g/mol. The lowest BCUT2D eigenvalue weighted by Gasteiger charge is -2.35. The highest BCUT2D eigenvalue weighted by Gasteiger charge is 2.36. The van der Waals surface area contributed by atoms with Gasteiger partial charge in [-0.15, -0.1) is 15.3 Å². The zero-order valence-electron chi connectivity index (χ0n) is 18.5. The summed E-state index contributed by atoms with van der Waals surface area (Å²) in [7, 11) is 3.31. The number of piperidine rings is 1. The maximum atomic E-state index is 13.5. The van der Waals surface area contributed by atoms with E-state index >= 15 is 0 Å². The SMILES string of the molecule is COc1ccc(C2CCCN2C(=O)C2CCN(c3ccc4nncn4n3)CC2)c(OC)c1. The number of carbonyl (C=O) groups is 1. The van der Waals surface area contributed by atoms with Crippen LogP contribution in [0.5, 0.6) is 11.5 Å². The van der Waals surface area contributed by atoms with E-state index in [0.29, 0.717) is 0 Å². The number of hydrogen-bond donors (Lipinski definition) is 0.